The van der Waals surface area contributed by atoms with E-state index in [2.05, 4.69) is 6.92 Å². The first-order valence-corrected chi connectivity index (χ1v) is 11.8. The molecule has 164 valence electrons. The van der Waals surface area contributed by atoms with Gasteiger partial charge in [-0.3, -0.25) is 18.7 Å². The van der Waals surface area contributed by atoms with E-state index in [-0.39, 0.29) is 24.1 Å². The van der Waals surface area contributed by atoms with Crippen molar-refractivity contribution in [2.45, 2.75) is 65.6 Å². The van der Waals surface area contributed by atoms with Crippen LogP contribution in [0.5, 0.6) is 0 Å². The van der Waals surface area contributed by atoms with Crippen LogP contribution in [0.25, 0.3) is 10.2 Å². The van der Waals surface area contributed by atoms with Gasteiger partial charge in [0.25, 0.3) is 5.56 Å². The second kappa shape index (κ2) is 8.83. The number of nitrogens with zero attached hydrogens (tertiary/aromatic N) is 3. The molecule has 3 heterocycles. The molecule has 6 nitrogen and oxygen atoms in total. The van der Waals surface area contributed by atoms with Crippen LogP contribution in [0.1, 0.15) is 42.2 Å². The Bertz CT molecular complexity index is 1220. The van der Waals surface area contributed by atoms with Crippen molar-refractivity contribution in [3.63, 3.8) is 0 Å². The summed E-state index contributed by atoms with van der Waals surface area (Å²) in [6, 6.07) is 10.0. The molecule has 0 bridgehead atoms. The molecular weight excluding hydrogens is 410 g/mol. The van der Waals surface area contributed by atoms with E-state index in [0.29, 0.717) is 23.2 Å². The number of aryl methyl sites for hydroxylation is 3. The van der Waals surface area contributed by atoms with Gasteiger partial charge in [-0.1, -0.05) is 30.3 Å². The molecule has 0 saturated carbocycles. The highest BCUT2D eigenvalue weighted by Gasteiger charge is 2.26. The number of likely N-dealkylation sites (tertiary alicyclic amines) is 1. The molecule has 0 spiro atoms. The quantitative estimate of drug-likeness (QED) is 0.611. The number of carbonyl (C=O) groups excluding carboxylic acids is 1. The second-order valence-corrected chi connectivity index (χ2v) is 9.66. The summed E-state index contributed by atoms with van der Waals surface area (Å²) >= 11 is 1.43. The smallest absolute Gasteiger partial charge is 0.332 e. The fraction of sp³-hybridized carbons (Fsp3) is 0.458. The van der Waals surface area contributed by atoms with Crippen molar-refractivity contribution in [1.29, 1.82) is 0 Å². The number of rotatable bonds is 5. The van der Waals surface area contributed by atoms with Gasteiger partial charge in [-0.15, -0.1) is 11.3 Å². The Morgan fingerprint density at radius 2 is 1.84 bits per heavy atom. The summed E-state index contributed by atoms with van der Waals surface area (Å²) in [7, 11) is 0. The number of benzene rings is 1. The number of hydrogen-bond acceptors (Lipinski definition) is 4. The van der Waals surface area contributed by atoms with E-state index in [0.717, 1.165) is 41.8 Å². The van der Waals surface area contributed by atoms with Gasteiger partial charge in [0.2, 0.25) is 5.91 Å². The largest absolute Gasteiger partial charge is 0.338 e. The van der Waals surface area contributed by atoms with E-state index in [9.17, 15) is 14.4 Å². The molecule has 1 aliphatic rings. The first-order valence-electron chi connectivity index (χ1n) is 10.9. The third-order valence-electron chi connectivity index (χ3n) is 6.42. The minimum absolute atomic E-state index is 0.0231. The topological polar surface area (TPSA) is 64.3 Å². The highest BCUT2D eigenvalue weighted by molar-refractivity contribution is 7.18. The lowest BCUT2D eigenvalue weighted by Crippen LogP contribution is -2.47. The van der Waals surface area contributed by atoms with Crippen LogP contribution in [0.3, 0.4) is 0 Å². The molecule has 1 amide bonds. The maximum Gasteiger partial charge on any atom is 0.332 e. The van der Waals surface area contributed by atoms with E-state index in [1.54, 1.807) is 0 Å². The molecule has 2 aromatic heterocycles. The van der Waals surface area contributed by atoms with Crippen molar-refractivity contribution in [2.75, 3.05) is 6.54 Å². The van der Waals surface area contributed by atoms with E-state index in [1.807, 2.05) is 49.1 Å². The fourth-order valence-corrected chi connectivity index (χ4v) is 5.56. The number of carbonyl (C=O) groups is 1. The lowest BCUT2D eigenvalue weighted by Gasteiger charge is -2.33. The molecule has 4 rings (SSSR count). The summed E-state index contributed by atoms with van der Waals surface area (Å²) in [4.78, 5) is 43.3. The molecule has 0 N–H and O–H groups in total. The Morgan fingerprint density at radius 1 is 1.10 bits per heavy atom. The van der Waals surface area contributed by atoms with Crippen molar-refractivity contribution in [1.82, 2.24) is 14.0 Å². The molecule has 1 atom stereocenters. The maximum atomic E-state index is 13.4. The Hall–Kier alpha value is -2.67. The predicted octanol–water partition coefficient (Wildman–Crippen LogP) is 3.49. The van der Waals surface area contributed by atoms with Crippen molar-refractivity contribution < 1.29 is 4.79 Å². The lowest BCUT2D eigenvalue weighted by molar-refractivity contribution is -0.135. The van der Waals surface area contributed by atoms with Crippen molar-refractivity contribution in [3.05, 3.63) is 67.2 Å². The van der Waals surface area contributed by atoms with Gasteiger partial charge in [-0.25, -0.2) is 4.79 Å². The van der Waals surface area contributed by atoms with Crippen LogP contribution < -0.4 is 11.2 Å². The Kier molecular flexibility index (Phi) is 6.14. The molecule has 0 aliphatic carbocycles. The molecule has 31 heavy (non-hydrogen) atoms. The predicted molar refractivity (Wildman–Crippen MR) is 125 cm³/mol. The number of aromatic nitrogens is 2. The third kappa shape index (κ3) is 4.11. The summed E-state index contributed by atoms with van der Waals surface area (Å²) in [5.74, 6) is -0.0486. The zero-order valence-electron chi connectivity index (χ0n) is 18.4. The van der Waals surface area contributed by atoms with E-state index >= 15 is 0 Å². The first kappa shape index (κ1) is 21.6. The number of piperidine rings is 1. The van der Waals surface area contributed by atoms with Crippen LogP contribution in [0.2, 0.25) is 0 Å². The summed E-state index contributed by atoms with van der Waals surface area (Å²) in [5.41, 5.74) is 1.31. The average molecular weight is 440 g/mol. The van der Waals surface area contributed by atoms with Crippen LogP contribution in [-0.2, 0) is 24.3 Å². The van der Waals surface area contributed by atoms with E-state index in [4.69, 9.17) is 0 Å². The number of fused-ring (bicyclic) bond motifs is 1. The first-order chi connectivity index (χ1) is 14.9. The normalized spacial score (nSPS) is 16.7. The van der Waals surface area contributed by atoms with Crippen LogP contribution in [0.4, 0.5) is 0 Å². The van der Waals surface area contributed by atoms with Gasteiger partial charge in [0.15, 0.2) is 0 Å². The highest BCUT2D eigenvalue weighted by atomic mass is 32.1. The van der Waals surface area contributed by atoms with Gasteiger partial charge < -0.3 is 4.90 Å². The zero-order chi connectivity index (χ0) is 22.1. The molecule has 3 aromatic rings. The SMILES string of the molecule is Cc1sc2c(c1C)c(=O)n(CCc1ccccc1)c(=O)n2CC(=O)N1CCCCC1C. The molecule has 0 radical (unpaired) electrons. The van der Waals surface area contributed by atoms with Crippen molar-refractivity contribution >= 4 is 27.5 Å². The second-order valence-electron chi connectivity index (χ2n) is 8.46. The van der Waals surface area contributed by atoms with E-state index in [1.165, 1.54) is 20.5 Å². The molecule has 1 aromatic carbocycles. The monoisotopic (exact) mass is 439 g/mol. The van der Waals surface area contributed by atoms with E-state index < -0.39 is 5.69 Å². The van der Waals surface area contributed by atoms with Gasteiger partial charge in [0, 0.05) is 24.0 Å². The molecular formula is C24H29N3O3S. The summed E-state index contributed by atoms with van der Waals surface area (Å²) in [5, 5.41) is 0.564. The van der Waals surface area contributed by atoms with Crippen molar-refractivity contribution in [3.8, 4) is 0 Å². The van der Waals surface area contributed by atoms with Crippen LogP contribution >= 0.6 is 11.3 Å². The van der Waals surface area contributed by atoms with Crippen LogP contribution in [0, 0.1) is 13.8 Å². The van der Waals surface area contributed by atoms with Gasteiger partial charge in [-0.05, 0) is 57.6 Å². The van der Waals surface area contributed by atoms with Crippen LogP contribution in [-0.4, -0.2) is 32.5 Å². The van der Waals surface area contributed by atoms with Gasteiger partial charge in [0.05, 0.1) is 5.39 Å². The minimum atomic E-state index is -0.396. The molecule has 1 unspecified atom stereocenters. The van der Waals surface area contributed by atoms with Crippen molar-refractivity contribution in [2.24, 2.45) is 0 Å². The molecule has 1 aliphatic heterocycles. The zero-order valence-corrected chi connectivity index (χ0v) is 19.2. The summed E-state index contributed by atoms with van der Waals surface area (Å²) < 4.78 is 2.83. The molecule has 7 heteroatoms. The lowest BCUT2D eigenvalue weighted by atomic mass is 10.0. The third-order valence-corrected chi connectivity index (χ3v) is 7.65. The Labute approximate surface area is 185 Å². The average Bonchev–Trinajstić information content (AvgIpc) is 3.06. The molecule has 1 fully saturated rings. The minimum Gasteiger partial charge on any atom is -0.338 e. The maximum absolute atomic E-state index is 13.4. The summed E-state index contributed by atoms with van der Waals surface area (Å²) in [6.07, 6.45) is 3.70. The number of amides is 1. The van der Waals surface area contributed by atoms with Gasteiger partial charge in [0.1, 0.15) is 11.4 Å². The van der Waals surface area contributed by atoms with Gasteiger partial charge >= 0.3 is 5.69 Å². The Morgan fingerprint density at radius 3 is 2.55 bits per heavy atom. The Balaban J connectivity index is 1.76. The molecule has 1 saturated heterocycles. The van der Waals surface area contributed by atoms with Gasteiger partial charge in [-0.2, -0.15) is 0 Å². The highest BCUT2D eigenvalue weighted by Crippen LogP contribution is 2.27. The fourth-order valence-electron chi connectivity index (χ4n) is 4.42. The number of hydrogen-bond donors (Lipinski definition) is 0. The standard InChI is InChI=1S/C24H29N3O3S/c1-16-9-7-8-13-25(16)20(28)15-27-23-21(17(2)18(3)31-23)22(29)26(24(27)30)14-12-19-10-5-4-6-11-19/h4-6,10-11,16H,7-9,12-15H2,1-3H3. The van der Waals surface area contributed by atoms with Crippen LogP contribution in [0.15, 0.2) is 39.9 Å². The number of thiophene rings is 1. The summed E-state index contributed by atoms with van der Waals surface area (Å²) in [6.45, 7) is 6.94.